The van der Waals surface area contributed by atoms with Crippen molar-refractivity contribution in [2.24, 2.45) is 0 Å². The Morgan fingerprint density at radius 2 is 1.28 bits per heavy atom. The number of fused-ring (bicyclic) bond motifs is 4. The molecule has 2 aromatic heterocycles. The third kappa shape index (κ3) is 5.00. The molecule has 3 heterocycles. The number of rotatable bonds is 6. The molecule has 0 bridgehead atoms. The topological polar surface area (TPSA) is 34.0 Å². The Morgan fingerprint density at radius 3 is 2.08 bits per heavy atom. The molecule has 1 aliphatic carbocycles. The molecule has 5 aromatic carbocycles. The third-order valence-corrected chi connectivity index (χ3v) is 10.0. The first-order valence-electron chi connectivity index (χ1n) is 17.3. The predicted molar refractivity (Wildman–Crippen MR) is 208 cm³/mol. The summed E-state index contributed by atoms with van der Waals surface area (Å²) in [6.45, 7) is 4.31. The summed E-state index contributed by atoms with van der Waals surface area (Å²) in [6.07, 6.45) is 13.4. The fraction of sp³-hybridized carbons (Fsp3) is 0.0870. The summed E-state index contributed by atoms with van der Waals surface area (Å²) in [5.41, 5.74) is 13.3. The summed E-state index contributed by atoms with van der Waals surface area (Å²) in [5.74, 6) is 0.992. The molecule has 0 saturated carbocycles. The molecule has 0 fully saturated rings. The van der Waals surface area contributed by atoms with Gasteiger partial charge in [0.25, 0.3) is 0 Å². The highest BCUT2D eigenvalue weighted by Crippen LogP contribution is 2.48. The minimum atomic E-state index is 0.173. The summed E-state index contributed by atoms with van der Waals surface area (Å²) in [4.78, 5) is 12.9. The molecule has 0 amide bonds. The van der Waals surface area contributed by atoms with Crippen LogP contribution in [0.2, 0.25) is 0 Å². The van der Waals surface area contributed by atoms with Crippen LogP contribution >= 0.6 is 0 Å². The molecule has 0 radical (unpaired) electrons. The van der Waals surface area contributed by atoms with E-state index in [9.17, 15) is 0 Å². The van der Waals surface area contributed by atoms with E-state index >= 15 is 0 Å². The molecule has 0 N–H and O–H groups in total. The van der Waals surface area contributed by atoms with E-state index in [4.69, 9.17) is 9.97 Å². The average molecular weight is 645 g/mol. The Labute approximate surface area is 293 Å². The maximum Gasteiger partial charge on any atom is 0.160 e. The summed E-state index contributed by atoms with van der Waals surface area (Å²) in [5, 5.41) is 1.24. The maximum absolute atomic E-state index is 5.27. The number of benzene rings is 5. The Hall–Kier alpha value is -6.26. The van der Waals surface area contributed by atoms with Gasteiger partial charge in [-0.25, -0.2) is 9.97 Å². The van der Waals surface area contributed by atoms with Crippen LogP contribution in [0.1, 0.15) is 29.7 Å². The molecule has 2 atom stereocenters. The van der Waals surface area contributed by atoms with Crippen molar-refractivity contribution in [1.29, 1.82) is 0 Å². The molecular formula is C46H36N4. The van der Waals surface area contributed by atoms with Gasteiger partial charge in [0.15, 0.2) is 5.82 Å². The Kier molecular flexibility index (Phi) is 7.35. The van der Waals surface area contributed by atoms with E-state index in [0.717, 1.165) is 39.5 Å². The van der Waals surface area contributed by atoms with Gasteiger partial charge in [-0.3, -0.25) is 0 Å². The Bertz CT molecular complexity index is 2410. The monoisotopic (exact) mass is 644 g/mol. The largest absolute Gasteiger partial charge is 0.333 e. The van der Waals surface area contributed by atoms with Crippen LogP contribution in [-0.2, 0) is 0 Å². The molecule has 2 unspecified atom stereocenters. The lowest BCUT2D eigenvalue weighted by molar-refractivity contribution is 0.744. The summed E-state index contributed by atoms with van der Waals surface area (Å²) >= 11 is 0. The lowest BCUT2D eigenvalue weighted by Gasteiger charge is -2.30. The van der Waals surface area contributed by atoms with Crippen molar-refractivity contribution in [3.8, 4) is 39.6 Å². The summed E-state index contributed by atoms with van der Waals surface area (Å²) < 4.78 is 2.41. The van der Waals surface area contributed by atoms with Crippen molar-refractivity contribution < 1.29 is 0 Å². The molecule has 7 aromatic rings. The number of allylic oxidation sites excluding steroid dienone is 3. The third-order valence-electron chi connectivity index (χ3n) is 10.0. The number of hydrogen-bond donors (Lipinski definition) is 0. The number of nitrogens with zero attached hydrogens (tertiary/aromatic N) is 4. The molecule has 240 valence electrons. The fourth-order valence-corrected chi connectivity index (χ4v) is 7.77. The van der Waals surface area contributed by atoms with Gasteiger partial charge in [-0.1, -0.05) is 134 Å². The van der Waals surface area contributed by atoms with Gasteiger partial charge in [-0.2, -0.15) is 0 Å². The molecule has 50 heavy (non-hydrogen) atoms. The Balaban J connectivity index is 1.32. The second-order valence-corrected chi connectivity index (χ2v) is 13.0. The van der Waals surface area contributed by atoms with Crippen LogP contribution in [0.4, 0.5) is 11.4 Å². The van der Waals surface area contributed by atoms with E-state index in [1.165, 1.54) is 33.4 Å². The summed E-state index contributed by atoms with van der Waals surface area (Å²) in [6, 6.07) is 47.5. The first-order valence-corrected chi connectivity index (χ1v) is 17.3. The van der Waals surface area contributed by atoms with Gasteiger partial charge < -0.3 is 9.47 Å². The highest BCUT2D eigenvalue weighted by atomic mass is 15.2. The fourth-order valence-electron chi connectivity index (χ4n) is 7.77. The number of anilines is 2. The van der Waals surface area contributed by atoms with E-state index in [1.54, 1.807) is 0 Å². The van der Waals surface area contributed by atoms with E-state index in [0.29, 0.717) is 5.82 Å². The zero-order valence-corrected chi connectivity index (χ0v) is 28.1. The van der Waals surface area contributed by atoms with Crippen molar-refractivity contribution in [3.05, 3.63) is 181 Å². The first-order chi connectivity index (χ1) is 24.7. The maximum atomic E-state index is 5.27. The molecule has 0 saturated heterocycles. The van der Waals surface area contributed by atoms with E-state index in [2.05, 4.69) is 169 Å². The first kappa shape index (κ1) is 29.8. The minimum absolute atomic E-state index is 0.173. The number of aromatic nitrogens is 3. The zero-order chi connectivity index (χ0) is 33.6. The number of hydrogen-bond acceptors (Lipinski definition) is 3. The van der Waals surface area contributed by atoms with Gasteiger partial charge in [0.1, 0.15) is 0 Å². The van der Waals surface area contributed by atoms with Crippen molar-refractivity contribution in [1.82, 2.24) is 14.5 Å². The van der Waals surface area contributed by atoms with Crippen LogP contribution in [0.25, 0.3) is 56.6 Å². The van der Waals surface area contributed by atoms with E-state index < -0.39 is 0 Å². The highest BCUT2D eigenvalue weighted by Gasteiger charge is 2.37. The quantitative estimate of drug-likeness (QED) is 0.181. The van der Waals surface area contributed by atoms with Gasteiger partial charge in [0, 0.05) is 56.3 Å². The zero-order valence-electron chi connectivity index (χ0n) is 28.1. The molecule has 0 spiro atoms. The average Bonchev–Trinajstić information content (AvgIpc) is 3.66. The molecule has 2 aliphatic rings. The van der Waals surface area contributed by atoms with Gasteiger partial charge in [-0.05, 0) is 55.8 Å². The van der Waals surface area contributed by atoms with Crippen LogP contribution in [-0.4, -0.2) is 20.6 Å². The van der Waals surface area contributed by atoms with Crippen molar-refractivity contribution >= 4 is 28.4 Å². The van der Waals surface area contributed by atoms with Crippen LogP contribution in [0.15, 0.2) is 164 Å². The predicted octanol–water partition coefficient (Wildman–Crippen LogP) is 11.5. The molecular weight excluding hydrogens is 609 g/mol. The molecule has 9 rings (SSSR count). The van der Waals surface area contributed by atoms with E-state index in [1.807, 2.05) is 24.3 Å². The van der Waals surface area contributed by atoms with Gasteiger partial charge in [-0.15, -0.1) is 0 Å². The molecule has 4 heteroatoms. The van der Waals surface area contributed by atoms with Crippen LogP contribution in [0.3, 0.4) is 0 Å². The van der Waals surface area contributed by atoms with Crippen LogP contribution < -0.4 is 4.90 Å². The second-order valence-electron chi connectivity index (χ2n) is 13.0. The van der Waals surface area contributed by atoms with E-state index in [-0.39, 0.29) is 12.0 Å². The van der Waals surface area contributed by atoms with Crippen LogP contribution in [0, 0.1) is 6.92 Å². The standard InChI is InChI=1S/C46H36N4/c1-3-16-37-31(2)49(43-24-13-10-21-38(37)43)35-27-34(28-36(29-35)50-44-25-14-11-22-39(44)40-23-12-15-26-45(40)50)42-30-41(32-17-6-4-7-18-32)47-46(48-42)33-19-8-5-9-20-33/h3-30,39,44H,1-2H3/b16-3-. The SMILES string of the molecule is C/C=C\c1c(C)n(-c2cc(-c3cc(-c4ccccc4)nc(-c4ccccc4)n3)cc(N3c4ccccc4C4C=CC=CC43)c2)c2ccccc12. The lowest BCUT2D eigenvalue weighted by atomic mass is 9.91. The number of para-hydroxylation sites is 2. The van der Waals surface area contributed by atoms with Crippen molar-refractivity contribution in [2.45, 2.75) is 25.8 Å². The lowest BCUT2D eigenvalue weighted by Crippen LogP contribution is -2.28. The normalized spacial score (nSPS) is 16.3. The van der Waals surface area contributed by atoms with Gasteiger partial charge in [0.2, 0.25) is 0 Å². The smallest absolute Gasteiger partial charge is 0.160 e. The second kappa shape index (κ2) is 12.3. The molecule has 4 nitrogen and oxygen atoms in total. The highest BCUT2D eigenvalue weighted by molar-refractivity contribution is 5.93. The van der Waals surface area contributed by atoms with Gasteiger partial charge in [0.05, 0.1) is 22.9 Å². The van der Waals surface area contributed by atoms with Crippen molar-refractivity contribution in [2.75, 3.05) is 4.90 Å². The van der Waals surface area contributed by atoms with Gasteiger partial charge >= 0.3 is 0 Å². The summed E-state index contributed by atoms with van der Waals surface area (Å²) in [7, 11) is 0. The van der Waals surface area contributed by atoms with Crippen LogP contribution in [0.5, 0.6) is 0 Å². The molecule has 1 aliphatic heterocycles. The van der Waals surface area contributed by atoms with Crippen molar-refractivity contribution in [3.63, 3.8) is 0 Å². The Morgan fingerprint density at radius 1 is 0.620 bits per heavy atom. The minimum Gasteiger partial charge on any atom is -0.333 e.